The van der Waals surface area contributed by atoms with E-state index in [1.807, 2.05) is 48.5 Å². The van der Waals surface area contributed by atoms with Crippen LogP contribution in [0.15, 0.2) is 72.8 Å². The van der Waals surface area contributed by atoms with Gasteiger partial charge in [0.1, 0.15) is 11.5 Å². The summed E-state index contributed by atoms with van der Waals surface area (Å²) in [5, 5.41) is 10.3. The van der Waals surface area contributed by atoms with Gasteiger partial charge >= 0.3 is 5.97 Å². The van der Waals surface area contributed by atoms with E-state index in [0.29, 0.717) is 11.5 Å². The lowest BCUT2D eigenvalue weighted by Crippen LogP contribution is -1.96. The highest BCUT2D eigenvalue weighted by molar-refractivity contribution is 6.32. The van der Waals surface area contributed by atoms with Crippen molar-refractivity contribution in [1.29, 1.82) is 0 Å². The van der Waals surface area contributed by atoms with Gasteiger partial charge in [0.15, 0.2) is 0 Å². The Bertz CT molecular complexity index is 1100. The van der Waals surface area contributed by atoms with Crippen molar-refractivity contribution in [3.63, 3.8) is 0 Å². The van der Waals surface area contributed by atoms with E-state index in [-0.39, 0.29) is 10.6 Å². The van der Waals surface area contributed by atoms with Crippen molar-refractivity contribution in [2.75, 3.05) is 0 Å². The summed E-state index contributed by atoms with van der Waals surface area (Å²) in [6.45, 7) is 0. The number of ether oxygens (including phenoxy) is 1. The molecule has 4 rings (SSSR count). The first kappa shape index (κ1) is 16.2. The number of carboxylic acids is 1. The van der Waals surface area contributed by atoms with Crippen molar-refractivity contribution in [2.24, 2.45) is 0 Å². The Morgan fingerprint density at radius 3 is 2.50 bits per heavy atom. The first-order chi connectivity index (χ1) is 12.6. The molecule has 2 N–H and O–H groups in total. The zero-order valence-electron chi connectivity index (χ0n) is 13.6. The molecule has 0 atom stereocenters. The van der Waals surface area contributed by atoms with E-state index in [4.69, 9.17) is 21.4 Å². The van der Waals surface area contributed by atoms with Crippen LogP contribution in [0.4, 0.5) is 0 Å². The van der Waals surface area contributed by atoms with Gasteiger partial charge in [0, 0.05) is 16.6 Å². The maximum atomic E-state index is 11.0. The fourth-order valence-electron chi connectivity index (χ4n) is 2.79. The second-order valence-corrected chi connectivity index (χ2v) is 6.26. The molecule has 0 amide bonds. The summed E-state index contributed by atoms with van der Waals surface area (Å²) in [7, 11) is 0. The van der Waals surface area contributed by atoms with Crippen LogP contribution < -0.4 is 4.74 Å². The first-order valence-electron chi connectivity index (χ1n) is 7.99. The predicted octanol–water partition coefficient (Wildman–Crippen LogP) is 5.98. The number of aromatic amines is 1. The lowest BCUT2D eigenvalue weighted by atomic mass is 10.1. The van der Waals surface area contributed by atoms with E-state index < -0.39 is 5.97 Å². The molecule has 0 unspecified atom stereocenters. The zero-order valence-corrected chi connectivity index (χ0v) is 14.3. The fraction of sp³-hybridized carbons (Fsp3) is 0. The van der Waals surface area contributed by atoms with Crippen molar-refractivity contribution in [1.82, 2.24) is 4.98 Å². The SMILES string of the molecule is O=C(O)c1ccc(Oc2ccc3[nH]c(-c4ccccc4)cc3c2)c(Cl)c1. The lowest BCUT2D eigenvalue weighted by molar-refractivity contribution is 0.0697. The first-order valence-corrected chi connectivity index (χ1v) is 8.37. The van der Waals surface area contributed by atoms with E-state index in [2.05, 4.69) is 11.1 Å². The van der Waals surface area contributed by atoms with E-state index in [1.165, 1.54) is 12.1 Å². The van der Waals surface area contributed by atoms with Gasteiger partial charge in [-0.25, -0.2) is 4.79 Å². The fourth-order valence-corrected chi connectivity index (χ4v) is 3.01. The number of hydrogen-bond donors (Lipinski definition) is 2. The maximum Gasteiger partial charge on any atom is 0.335 e. The minimum absolute atomic E-state index is 0.121. The minimum Gasteiger partial charge on any atom is -0.478 e. The summed E-state index contributed by atoms with van der Waals surface area (Å²) >= 11 is 6.13. The quantitative estimate of drug-likeness (QED) is 0.469. The van der Waals surface area contributed by atoms with Crippen LogP contribution in [0.2, 0.25) is 5.02 Å². The van der Waals surface area contributed by atoms with E-state index in [0.717, 1.165) is 22.2 Å². The van der Waals surface area contributed by atoms with Gasteiger partial charge in [-0.05, 0) is 48.0 Å². The number of carbonyl (C=O) groups is 1. The molecule has 0 saturated heterocycles. The number of rotatable bonds is 4. The number of aromatic nitrogens is 1. The topological polar surface area (TPSA) is 62.3 Å². The van der Waals surface area contributed by atoms with Crippen LogP contribution in [0.25, 0.3) is 22.2 Å². The van der Waals surface area contributed by atoms with Crippen LogP contribution in [0.5, 0.6) is 11.5 Å². The summed E-state index contributed by atoms with van der Waals surface area (Å²) < 4.78 is 5.83. The number of hydrogen-bond acceptors (Lipinski definition) is 2. The highest BCUT2D eigenvalue weighted by atomic mass is 35.5. The summed E-state index contributed by atoms with van der Waals surface area (Å²) in [6, 6.07) is 22.2. The second-order valence-electron chi connectivity index (χ2n) is 5.85. The molecule has 4 aromatic rings. The average Bonchev–Trinajstić information content (AvgIpc) is 3.07. The van der Waals surface area contributed by atoms with Crippen LogP contribution in [-0.2, 0) is 0 Å². The van der Waals surface area contributed by atoms with Gasteiger partial charge in [0.2, 0.25) is 0 Å². The molecule has 1 heterocycles. The largest absolute Gasteiger partial charge is 0.478 e. The van der Waals surface area contributed by atoms with Gasteiger partial charge < -0.3 is 14.8 Å². The van der Waals surface area contributed by atoms with Gasteiger partial charge in [-0.2, -0.15) is 0 Å². The van der Waals surface area contributed by atoms with Crippen molar-refractivity contribution in [2.45, 2.75) is 0 Å². The zero-order chi connectivity index (χ0) is 18.1. The molecule has 4 nitrogen and oxygen atoms in total. The van der Waals surface area contributed by atoms with E-state index in [1.54, 1.807) is 6.07 Å². The Morgan fingerprint density at radius 2 is 1.77 bits per heavy atom. The molecule has 0 aliphatic heterocycles. The summed E-state index contributed by atoms with van der Waals surface area (Å²) in [5.41, 5.74) is 3.26. The number of halogens is 1. The lowest BCUT2D eigenvalue weighted by Gasteiger charge is -2.08. The molecule has 0 aliphatic rings. The Hall–Kier alpha value is -3.24. The number of benzene rings is 3. The highest BCUT2D eigenvalue weighted by Gasteiger charge is 2.10. The van der Waals surface area contributed by atoms with Gasteiger partial charge in [-0.15, -0.1) is 0 Å². The minimum atomic E-state index is -1.03. The van der Waals surface area contributed by atoms with Crippen LogP contribution in [-0.4, -0.2) is 16.1 Å². The Labute approximate surface area is 154 Å². The number of carboxylic acid groups (broad SMARTS) is 1. The van der Waals surface area contributed by atoms with Crippen LogP contribution in [0.1, 0.15) is 10.4 Å². The molecule has 0 radical (unpaired) electrons. The summed E-state index contributed by atoms with van der Waals surface area (Å²) in [5.74, 6) is 0.0107. The van der Waals surface area contributed by atoms with Gasteiger partial charge in [-0.1, -0.05) is 41.9 Å². The van der Waals surface area contributed by atoms with Crippen molar-refractivity contribution in [3.05, 3.63) is 83.4 Å². The molecule has 128 valence electrons. The van der Waals surface area contributed by atoms with Crippen molar-refractivity contribution in [3.8, 4) is 22.8 Å². The monoisotopic (exact) mass is 363 g/mol. The van der Waals surface area contributed by atoms with Gasteiger partial charge in [0.05, 0.1) is 10.6 Å². The molecule has 1 aromatic heterocycles. The molecule has 0 aliphatic carbocycles. The maximum absolute atomic E-state index is 11.0. The van der Waals surface area contributed by atoms with E-state index >= 15 is 0 Å². The molecule has 5 heteroatoms. The van der Waals surface area contributed by atoms with Crippen LogP contribution in [0.3, 0.4) is 0 Å². The number of fused-ring (bicyclic) bond motifs is 1. The number of H-pyrrole nitrogens is 1. The smallest absolute Gasteiger partial charge is 0.335 e. The highest BCUT2D eigenvalue weighted by Crippen LogP contribution is 2.33. The molecule has 26 heavy (non-hydrogen) atoms. The number of aromatic carboxylic acids is 1. The van der Waals surface area contributed by atoms with Crippen molar-refractivity contribution < 1.29 is 14.6 Å². The van der Waals surface area contributed by atoms with Crippen LogP contribution in [0, 0.1) is 0 Å². The molecule has 3 aromatic carbocycles. The predicted molar refractivity (Wildman–Crippen MR) is 102 cm³/mol. The average molecular weight is 364 g/mol. The van der Waals surface area contributed by atoms with Gasteiger partial charge in [-0.3, -0.25) is 0 Å². The number of nitrogens with one attached hydrogen (secondary N) is 1. The third-order valence-corrected chi connectivity index (χ3v) is 4.38. The third-order valence-electron chi connectivity index (χ3n) is 4.08. The molecular weight excluding hydrogens is 350 g/mol. The Morgan fingerprint density at radius 1 is 0.962 bits per heavy atom. The molecule has 0 fully saturated rings. The molecule has 0 saturated carbocycles. The summed E-state index contributed by atoms with van der Waals surface area (Å²) in [4.78, 5) is 14.4. The summed E-state index contributed by atoms with van der Waals surface area (Å²) in [6.07, 6.45) is 0. The van der Waals surface area contributed by atoms with E-state index in [9.17, 15) is 4.79 Å². The normalized spacial score (nSPS) is 10.8. The Kier molecular flexibility index (Phi) is 4.11. The second kappa shape index (κ2) is 6.58. The Balaban J connectivity index is 1.65. The third kappa shape index (κ3) is 3.15. The van der Waals surface area contributed by atoms with Gasteiger partial charge in [0.25, 0.3) is 0 Å². The molecule has 0 spiro atoms. The molecule has 0 bridgehead atoms. The molecular formula is C21H14ClNO3. The standard InChI is InChI=1S/C21H14ClNO3/c22-17-11-14(21(24)25)6-9-20(17)26-16-7-8-18-15(10-16)12-19(23-18)13-4-2-1-3-5-13/h1-12,23H,(H,24,25). The van der Waals surface area contributed by atoms with Crippen molar-refractivity contribution >= 4 is 28.5 Å². The van der Waals surface area contributed by atoms with Crippen LogP contribution >= 0.6 is 11.6 Å².